The number of aryl methyl sites for hydroxylation is 1. The maximum Gasteiger partial charge on any atom is 0.259 e. The summed E-state index contributed by atoms with van der Waals surface area (Å²) in [5.41, 5.74) is 1.76. The van der Waals surface area contributed by atoms with Gasteiger partial charge in [-0.05, 0) is 50.5 Å². The number of carbonyl (C=O) groups is 2. The van der Waals surface area contributed by atoms with E-state index < -0.39 is 0 Å². The highest BCUT2D eigenvalue weighted by molar-refractivity contribution is 6.30. The molecule has 4 rings (SSSR count). The van der Waals surface area contributed by atoms with Crippen LogP contribution in [-0.2, 0) is 4.79 Å². The molecule has 1 atom stereocenters. The van der Waals surface area contributed by atoms with Gasteiger partial charge in [-0.3, -0.25) is 9.59 Å². The molecular weight excluding hydrogens is 400 g/mol. The minimum Gasteiger partial charge on any atom is -0.342 e. The quantitative estimate of drug-likeness (QED) is 0.775. The maximum atomic E-state index is 12.8. The molecule has 0 radical (unpaired) electrons. The summed E-state index contributed by atoms with van der Waals surface area (Å²) >= 11 is 5.89. The zero-order valence-corrected chi connectivity index (χ0v) is 18.0. The number of hydrogen-bond donors (Lipinski definition) is 1. The average Bonchev–Trinajstić information content (AvgIpc) is 3.25. The number of halogens is 1. The summed E-state index contributed by atoms with van der Waals surface area (Å²) in [5, 5.41) is 3.46. The van der Waals surface area contributed by atoms with Gasteiger partial charge < -0.3 is 10.2 Å². The van der Waals surface area contributed by atoms with E-state index >= 15 is 0 Å². The monoisotopic (exact) mass is 426 g/mol. The van der Waals surface area contributed by atoms with E-state index in [1.807, 2.05) is 11.8 Å². The highest BCUT2D eigenvalue weighted by Gasteiger charge is 2.33. The molecule has 2 amide bonds. The first-order valence-corrected chi connectivity index (χ1v) is 11.1. The molecule has 30 heavy (non-hydrogen) atoms. The Labute approximate surface area is 182 Å². The third-order valence-electron chi connectivity index (χ3n) is 6.16. The highest BCUT2D eigenvalue weighted by atomic mass is 35.5. The molecule has 1 unspecified atom stereocenters. The minimum absolute atomic E-state index is 0.129. The molecule has 1 saturated carbocycles. The van der Waals surface area contributed by atoms with E-state index in [0.29, 0.717) is 34.4 Å². The van der Waals surface area contributed by atoms with Crippen LogP contribution >= 0.6 is 11.6 Å². The average molecular weight is 427 g/mol. The Kier molecular flexibility index (Phi) is 6.32. The van der Waals surface area contributed by atoms with Gasteiger partial charge in [-0.1, -0.05) is 30.9 Å². The molecule has 1 aromatic carbocycles. The van der Waals surface area contributed by atoms with Gasteiger partial charge in [0.25, 0.3) is 5.91 Å². The largest absolute Gasteiger partial charge is 0.342 e. The van der Waals surface area contributed by atoms with E-state index in [9.17, 15) is 9.59 Å². The number of hydrogen-bond acceptors (Lipinski definition) is 4. The molecule has 2 aliphatic rings. The van der Waals surface area contributed by atoms with Gasteiger partial charge in [-0.15, -0.1) is 0 Å². The van der Waals surface area contributed by atoms with Crippen molar-refractivity contribution in [1.82, 2.24) is 14.9 Å². The minimum atomic E-state index is -0.248. The van der Waals surface area contributed by atoms with E-state index in [-0.39, 0.29) is 17.7 Å². The Balaban J connectivity index is 1.40. The fourth-order valence-corrected chi connectivity index (χ4v) is 4.54. The fraction of sp³-hybridized carbons (Fsp3) is 0.478. The van der Waals surface area contributed by atoms with Gasteiger partial charge >= 0.3 is 0 Å². The molecule has 6 nitrogen and oxygen atoms in total. The van der Waals surface area contributed by atoms with Crippen LogP contribution in [0.2, 0.25) is 5.02 Å². The molecule has 2 aromatic rings. The van der Waals surface area contributed by atoms with Crippen LogP contribution in [0.15, 0.2) is 30.5 Å². The Hall–Kier alpha value is -2.47. The van der Waals surface area contributed by atoms with Crippen LogP contribution < -0.4 is 5.32 Å². The summed E-state index contributed by atoms with van der Waals surface area (Å²) in [4.78, 5) is 36.5. The molecular formula is C23H27ClN4O2. The summed E-state index contributed by atoms with van der Waals surface area (Å²) < 4.78 is 0. The Morgan fingerprint density at radius 2 is 1.83 bits per heavy atom. The van der Waals surface area contributed by atoms with Crippen molar-refractivity contribution >= 4 is 29.1 Å². The molecule has 1 aliphatic carbocycles. The van der Waals surface area contributed by atoms with Crippen molar-refractivity contribution in [3.05, 3.63) is 52.6 Å². The summed E-state index contributed by atoms with van der Waals surface area (Å²) in [7, 11) is 0. The Morgan fingerprint density at radius 3 is 2.53 bits per heavy atom. The lowest BCUT2D eigenvalue weighted by Crippen LogP contribution is -2.35. The number of nitrogens with one attached hydrogen (secondary N) is 1. The molecule has 1 N–H and O–H groups in total. The second-order valence-corrected chi connectivity index (χ2v) is 8.73. The summed E-state index contributed by atoms with van der Waals surface area (Å²) in [6.07, 6.45) is 8.07. The zero-order valence-electron chi connectivity index (χ0n) is 17.2. The number of amides is 2. The van der Waals surface area contributed by atoms with Crippen LogP contribution in [0.5, 0.6) is 0 Å². The topological polar surface area (TPSA) is 75.2 Å². The number of aromatic nitrogens is 2. The number of anilines is 1. The molecule has 1 aliphatic heterocycles. The number of carbonyl (C=O) groups excluding carboxylic acids is 2. The lowest BCUT2D eigenvalue weighted by atomic mass is 9.88. The maximum absolute atomic E-state index is 12.8. The van der Waals surface area contributed by atoms with Crippen LogP contribution in [0, 0.1) is 12.8 Å². The standard InChI is InChI=1S/C23H27ClN4O2/c1-15-20(22(29)27-19-9-7-18(24)8-10-19)13-25-21(26-15)17-11-12-28(14-17)23(30)16-5-3-2-4-6-16/h7-10,13,16-17H,2-6,11-12,14H2,1H3,(H,27,29). The molecule has 0 bridgehead atoms. The third kappa shape index (κ3) is 4.64. The first-order valence-electron chi connectivity index (χ1n) is 10.7. The van der Waals surface area contributed by atoms with Gasteiger partial charge in [0.1, 0.15) is 5.82 Å². The van der Waals surface area contributed by atoms with Crippen LogP contribution in [0.1, 0.15) is 66.3 Å². The predicted octanol–water partition coefficient (Wildman–Crippen LogP) is 4.59. The molecule has 1 aromatic heterocycles. The lowest BCUT2D eigenvalue weighted by molar-refractivity contribution is -0.135. The van der Waals surface area contributed by atoms with Crippen molar-refractivity contribution in [2.75, 3.05) is 18.4 Å². The fourth-order valence-electron chi connectivity index (χ4n) is 4.42. The predicted molar refractivity (Wildman–Crippen MR) is 117 cm³/mol. The first kappa shape index (κ1) is 20.8. The number of rotatable bonds is 4. The molecule has 7 heteroatoms. The molecule has 1 saturated heterocycles. The van der Waals surface area contributed by atoms with Crippen LogP contribution in [-0.4, -0.2) is 39.8 Å². The molecule has 2 heterocycles. The smallest absolute Gasteiger partial charge is 0.259 e. The van der Waals surface area contributed by atoms with E-state index in [2.05, 4.69) is 15.3 Å². The van der Waals surface area contributed by atoms with Crippen molar-refractivity contribution in [1.29, 1.82) is 0 Å². The van der Waals surface area contributed by atoms with Gasteiger partial charge in [0, 0.05) is 41.8 Å². The molecule has 158 valence electrons. The van der Waals surface area contributed by atoms with Crippen molar-refractivity contribution in [3.63, 3.8) is 0 Å². The number of benzene rings is 1. The Morgan fingerprint density at radius 1 is 1.10 bits per heavy atom. The second kappa shape index (κ2) is 9.13. The van der Waals surface area contributed by atoms with Crippen molar-refractivity contribution in [2.24, 2.45) is 5.92 Å². The second-order valence-electron chi connectivity index (χ2n) is 8.29. The molecule has 0 spiro atoms. The SMILES string of the molecule is Cc1nc(C2CCN(C(=O)C3CCCCC3)C2)ncc1C(=O)Nc1ccc(Cl)cc1. The van der Waals surface area contributed by atoms with Gasteiger partial charge in [-0.2, -0.15) is 0 Å². The van der Waals surface area contributed by atoms with E-state index in [4.69, 9.17) is 11.6 Å². The van der Waals surface area contributed by atoms with Gasteiger partial charge in [0.05, 0.1) is 11.3 Å². The lowest BCUT2D eigenvalue weighted by Gasteiger charge is -2.26. The van der Waals surface area contributed by atoms with Gasteiger partial charge in [0.2, 0.25) is 5.91 Å². The van der Waals surface area contributed by atoms with E-state index in [0.717, 1.165) is 44.5 Å². The van der Waals surface area contributed by atoms with Gasteiger partial charge in [0.15, 0.2) is 0 Å². The number of nitrogens with zero attached hydrogens (tertiary/aromatic N) is 3. The zero-order chi connectivity index (χ0) is 21.1. The summed E-state index contributed by atoms with van der Waals surface area (Å²) in [6, 6.07) is 6.95. The van der Waals surface area contributed by atoms with E-state index in [1.165, 1.54) is 6.42 Å². The highest BCUT2D eigenvalue weighted by Crippen LogP contribution is 2.30. The van der Waals surface area contributed by atoms with Crippen LogP contribution in [0.25, 0.3) is 0 Å². The first-order chi connectivity index (χ1) is 14.5. The van der Waals surface area contributed by atoms with Crippen LogP contribution in [0.4, 0.5) is 5.69 Å². The van der Waals surface area contributed by atoms with Gasteiger partial charge in [-0.25, -0.2) is 9.97 Å². The summed E-state index contributed by atoms with van der Waals surface area (Å²) in [6.45, 7) is 3.26. The summed E-state index contributed by atoms with van der Waals surface area (Å²) in [5.74, 6) is 1.09. The van der Waals surface area contributed by atoms with Crippen molar-refractivity contribution in [3.8, 4) is 0 Å². The van der Waals surface area contributed by atoms with E-state index in [1.54, 1.807) is 30.5 Å². The van der Waals surface area contributed by atoms with Crippen molar-refractivity contribution in [2.45, 2.75) is 51.4 Å². The normalized spacial score (nSPS) is 19.7. The molecule has 2 fully saturated rings. The Bertz CT molecular complexity index is 925. The third-order valence-corrected chi connectivity index (χ3v) is 6.42. The van der Waals surface area contributed by atoms with Crippen LogP contribution in [0.3, 0.4) is 0 Å². The van der Waals surface area contributed by atoms with Crippen molar-refractivity contribution < 1.29 is 9.59 Å². The number of likely N-dealkylation sites (tertiary alicyclic amines) is 1.